The maximum atomic E-state index is 12.5. The average molecular weight is 365 g/mol. The number of fused-ring (bicyclic) bond motifs is 1. The molecule has 1 aliphatic rings. The van der Waals surface area contributed by atoms with Gasteiger partial charge < -0.3 is 20.1 Å². The Morgan fingerprint density at radius 1 is 1.16 bits per heavy atom. The van der Waals surface area contributed by atoms with E-state index in [1.807, 2.05) is 30.3 Å². The fourth-order valence-electron chi connectivity index (χ4n) is 3.16. The Bertz CT molecular complexity index is 697. The molecule has 0 bridgehead atoms. The van der Waals surface area contributed by atoms with E-state index in [4.69, 9.17) is 9.47 Å². The van der Waals surface area contributed by atoms with E-state index in [1.54, 1.807) is 7.11 Å². The minimum absolute atomic E-state index is 0. The monoisotopic (exact) mass is 364 g/mol. The zero-order valence-corrected chi connectivity index (χ0v) is 15.2. The molecule has 0 aliphatic carbocycles. The van der Waals surface area contributed by atoms with Gasteiger partial charge in [-0.2, -0.15) is 0 Å². The number of rotatable bonds is 6. The molecule has 0 spiro atoms. The Balaban J connectivity index is 0.00000225. The first-order valence-corrected chi connectivity index (χ1v) is 8.40. The van der Waals surface area contributed by atoms with E-state index in [-0.39, 0.29) is 18.3 Å². The fraction of sp³-hybridized carbons (Fsp3) is 0.421. The third-order valence-electron chi connectivity index (χ3n) is 4.61. The summed E-state index contributed by atoms with van der Waals surface area (Å²) in [7, 11) is 1.61. The topological polar surface area (TPSA) is 59.6 Å². The standard InChI is InChI=1S/C19H24N2O3.ClH/c1-23-19(9-11-20-12-10-19)18(22)21-13-14-24-17-8-4-6-15-5-2-3-7-16(15)17;/h2-8,20H,9-14H2,1H3,(H,21,22);1H. The number of carbonyl (C=O) groups excluding carboxylic acids is 1. The molecule has 0 saturated carbocycles. The largest absolute Gasteiger partial charge is 0.491 e. The quantitative estimate of drug-likeness (QED) is 0.773. The van der Waals surface area contributed by atoms with Crippen LogP contribution in [0.3, 0.4) is 0 Å². The molecular weight excluding hydrogens is 340 g/mol. The van der Waals surface area contributed by atoms with E-state index in [0.29, 0.717) is 26.0 Å². The summed E-state index contributed by atoms with van der Waals surface area (Å²) in [5.74, 6) is 0.790. The summed E-state index contributed by atoms with van der Waals surface area (Å²) in [6.07, 6.45) is 1.39. The molecule has 1 aliphatic heterocycles. The number of halogens is 1. The van der Waals surface area contributed by atoms with Crippen LogP contribution in [0.1, 0.15) is 12.8 Å². The van der Waals surface area contributed by atoms with E-state index >= 15 is 0 Å². The molecule has 2 aromatic rings. The highest BCUT2D eigenvalue weighted by atomic mass is 35.5. The fourth-order valence-corrected chi connectivity index (χ4v) is 3.16. The minimum atomic E-state index is -0.704. The lowest BCUT2D eigenvalue weighted by Crippen LogP contribution is -2.54. The lowest BCUT2D eigenvalue weighted by Gasteiger charge is -2.34. The Morgan fingerprint density at radius 3 is 2.64 bits per heavy atom. The van der Waals surface area contributed by atoms with Gasteiger partial charge in [-0.3, -0.25) is 4.79 Å². The number of hydrogen-bond donors (Lipinski definition) is 2. The van der Waals surface area contributed by atoms with Crippen molar-refractivity contribution >= 4 is 29.1 Å². The van der Waals surface area contributed by atoms with Gasteiger partial charge in [0, 0.05) is 12.5 Å². The smallest absolute Gasteiger partial charge is 0.252 e. The van der Waals surface area contributed by atoms with Gasteiger partial charge in [0.2, 0.25) is 0 Å². The lowest BCUT2D eigenvalue weighted by atomic mass is 9.91. The Hall–Kier alpha value is -1.82. The molecule has 1 fully saturated rings. The Morgan fingerprint density at radius 2 is 1.88 bits per heavy atom. The van der Waals surface area contributed by atoms with Crippen molar-refractivity contribution in [3.8, 4) is 5.75 Å². The molecule has 1 saturated heterocycles. The predicted molar refractivity (Wildman–Crippen MR) is 102 cm³/mol. The molecule has 0 aromatic heterocycles. The first-order valence-electron chi connectivity index (χ1n) is 8.40. The van der Waals surface area contributed by atoms with Crippen LogP contribution in [0.5, 0.6) is 5.75 Å². The summed E-state index contributed by atoms with van der Waals surface area (Å²) in [5, 5.41) is 8.42. The number of nitrogens with one attached hydrogen (secondary N) is 2. The van der Waals surface area contributed by atoms with Gasteiger partial charge in [0.15, 0.2) is 0 Å². The predicted octanol–water partition coefficient (Wildman–Crippen LogP) is 2.53. The lowest BCUT2D eigenvalue weighted by molar-refractivity contribution is -0.146. The van der Waals surface area contributed by atoms with Crippen LogP contribution in [0.4, 0.5) is 0 Å². The number of carbonyl (C=O) groups is 1. The highest BCUT2D eigenvalue weighted by molar-refractivity contribution is 5.88. The molecular formula is C19H25ClN2O3. The number of benzene rings is 2. The Kier molecular flexibility index (Phi) is 7.05. The second kappa shape index (κ2) is 9.04. The van der Waals surface area contributed by atoms with E-state index in [9.17, 15) is 4.79 Å². The third kappa shape index (κ3) is 4.42. The van der Waals surface area contributed by atoms with Crippen molar-refractivity contribution in [2.45, 2.75) is 18.4 Å². The van der Waals surface area contributed by atoms with Crippen molar-refractivity contribution in [3.05, 3.63) is 42.5 Å². The molecule has 6 heteroatoms. The van der Waals surface area contributed by atoms with E-state index in [1.165, 1.54) is 0 Å². The van der Waals surface area contributed by atoms with E-state index < -0.39 is 5.60 Å². The summed E-state index contributed by atoms with van der Waals surface area (Å²) >= 11 is 0. The van der Waals surface area contributed by atoms with Crippen LogP contribution in [0.25, 0.3) is 10.8 Å². The second-order valence-corrected chi connectivity index (χ2v) is 6.03. The van der Waals surface area contributed by atoms with Crippen LogP contribution in [-0.4, -0.2) is 44.9 Å². The first-order chi connectivity index (χ1) is 11.7. The van der Waals surface area contributed by atoms with Crippen molar-refractivity contribution in [1.29, 1.82) is 0 Å². The first kappa shape index (κ1) is 19.5. The molecule has 0 radical (unpaired) electrons. The molecule has 1 amide bonds. The van der Waals surface area contributed by atoms with Crippen LogP contribution in [0.2, 0.25) is 0 Å². The second-order valence-electron chi connectivity index (χ2n) is 6.03. The van der Waals surface area contributed by atoms with Crippen molar-refractivity contribution in [1.82, 2.24) is 10.6 Å². The minimum Gasteiger partial charge on any atom is -0.491 e. The van der Waals surface area contributed by atoms with Crippen LogP contribution < -0.4 is 15.4 Å². The Labute approximate surface area is 154 Å². The summed E-state index contributed by atoms with van der Waals surface area (Å²) in [6.45, 7) is 2.49. The van der Waals surface area contributed by atoms with Gasteiger partial charge in [-0.15, -0.1) is 12.4 Å². The highest BCUT2D eigenvalue weighted by Gasteiger charge is 2.39. The maximum Gasteiger partial charge on any atom is 0.252 e. The van der Waals surface area contributed by atoms with Gasteiger partial charge in [0.05, 0.1) is 6.54 Å². The van der Waals surface area contributed by atoms with Gasteiger partial charge in [0.25, 0.3) is 5.91 Å². The number of hydrogen-bond acceptors (Lipinski definition) is 4. The third-order valence-corrected chi connectivity index (χ3v) is 4.61. The summed E-state index contributed by atoms with van der Waals surface area (Å²) in [6, 6.07) is 14.1. The highest BCUT2D eigenvalue weighted by Crippen LogP contribution is 2.25. The molecule has 25 heavy (non-hydrogen) atoms. The summed E-state index contributed by atoms with van der Waals surface area (Å²) in [5.41, 5.74) is -0.704. The molecule has 5 nitrogen and oxygen atoms in total. The molecule has 2 N–H and O–H groups in total. The number of piperidine rings is 1. The van der Waals surface area contributed by atoms with Gasteiger partial charge in [-0.05, 0) is 37.4 Å². The molecule has 0 unspecified atom stereocenters. The zero-order valence-electron chi connectivity index (χ0n) is 14.4. The molecule has 0 atom stereocenters. The van der Waals surface area contributed by atoms with Crippen molar-refractivity contribution in [3.63, 3.8) is 0 Å². The molecule has 2 aromatic carbocycles. The number of ether oxygens (including phenoxy) is 2. The van der Waals surface area contributed by atoms with Crippen LogP contribution in [-0.2, 0) is 9.53 Å². The van der Waals surface area contributed by atoms with Crippen molar-refractivity contribution < 1.29 is 14.3 Å². The maximum absolute atomic E-state index is 12.5. The summed E-state index contributed by atoms with van der Waals surface area (Å²) in [4.78, 5) is 12.5. The van der Waals surface area contributed by atoms with Gasteiger partial charge in [-0.1, -0.05) is 36.4 Å². The molecule has 136 valence electrons. The van der Waals surface area contributed by atoms with E-state index in [0.717, 1.165) is 29.6 Å². The van der Waals surface area contributed by atoms with E-state index in [2.05, 4.69) is 22.8 Å². The number of amides is 1. The van der Waals surface area contributed by atoms with Gasteiger partial charge >= 0.3 is 0 Å². The molecule has 3 rings (SSSR count). The van der Waals surface area contributed by atoms with Crippen molar-refractivity contribution in [2.24, 2.45) is 0 Å². The SMILES string of the molecule is COC1(C(=O)NCCOc2cccc3ccccc23)CCNCC1.Cl. The van der Waals surface area contributed by atoms with Crippen LogP contribution >= 0.6 is 12.4 Å². The van der Waals surface area contributed by atoms with Gasteiger partial charge in [0.1, 0.15) is 18.0 Å². The van der Waals surface area contributed by atoms with Crippen LogP contribution in [0.15, 0.2) is 42.5 Å². The normalized spacial score (nSPS) is 16.0. The zero-order chi connectivity index (χ0) is 16.8. The summed E-state index contributed by atoms with van der Waals surface area (Å²) < 4.78 is 11.4. The average Bonchev–Trinajstić information content (AvgIpc) is 2.65. The van der Waals surface area contributed by atoms with Crippen LogP contribution in [0, 0.1) is 0 Å². The van der Waals surface area contributed by atoms with Gasteiger partial charge in [-0.25, -0.2) is 0 Å². The van der Waals surface area contributed by atoms with Crippen molar-refractivity contribution in [2.75, 3.05) is 33.4 Å². The number of methoxy groups -OCH3 is 1. The molecule has 1 heterocycles.